The van der Waals surface area contributed by atoms with Gasteiger partial charge in [-0.25, -0.2) is 8.42 Å². The maximum atomic E-state index is 12.9. The van der Waals surface area contributed by atoms with Crippen LogP contribution in [0.3, 0.4) is 0 Å². The second kappa shape index (κ2) is 9.50. The summed E-state index contributed by atoms with van der Waals surface area (Å²) in [5.41, 5.74) is 2.23. The van der Waals surface area contributed by atoms with Gasteiger partial charge < -0.3 is 4.90 Å². The number of carbonyl (C=O) groups is 1. The molecule has 4 rings (SSSR count). The number of benzene rings is 2. The van der Waals surface area contributed by atoms with Crippen molar-refractivity contribution in [3.8, 4) is 0 Å². The van der Waals surface area contributed by atoms with Crippen LogP contribution < -0.4 is 4.31 Å². The number of rotatable bonds is 6. The first-order chi connectivity index (χ1) is 15.4. The number of anilines is 1. The van der Waals surface area contributed by atoms with Crippen LogP contribution in [0.1, 0.15) is 15.9 Å². The minimum Gasteiger partial charge on any atom is -0.336 e. The molecule has 1 saturated heterocycles. The number of hydrogen-bond acceptors (Lipinski definition) is 5. The molecule has 0 atom stereocenters. The van der Waals surface area contributed by atoms with E-state index in [2.05, 4.69) is 16.0 Å². The molecule has 8 heteroatoms. The molecule has 0 spiro atoms. The third kappa shape index (κ3) is 4.81. The first-order valence-electron chi connectivity index (χ1n) is 10.5. The van der Waals surface area contributed by atoms with Crippen molar-refractivity contribution >= 4 is 21.6 Å². The van der Waals surface area contributed by atoms with Gasteiger partial charge in [-0.15, -0.1) is 0 Å². The van der Waals surface area contributed by atoms with E-state index in [0.29, 0.717) is 24.3 Å². The highest BCUT2D eigenvalue weighted by atomic mass is 32.2. The lowest BCUT2D eigenvalue weighted by Gasteiger charge is -2.34. The molecule has 32 heavy (non-hydrogen) atoms. The average Bonchev–Trinajstić information content (AvgIpc) is 2.85. The average molecular weight is 451 g/mol. The summed E-state index contributed by atoms with van der Waals surface area (Å²) in [6.07, 6.45) is 3.62. The zero-order valence-corrected chi connectivity index (χ0v) is 18.8. The molecule has 0 radical (unpaired) electrons. The van der Waals surface area contributed by atoms with Gasteiger partial charge >= 0.3 is 0 Å². The molecule has 1 aliphatic rings. The number of pyridine rings is 1. The van der Waals surface area contributed by atoms with Gasteiger partial charge in [0.05, 0.1) is 10.6 Å². The van der Waals surface area contributed by atoms with E-state index in [1.165, 1.54) is 23.5 Å². The van der Waals surface area contributed by atoms with Gasteiger partial charge in [-0.05, 0) is 48.0 Å². The van der Waals surface area contributed by atoms with Crippen LogP contribution in [0.2, 0.25) is 0 Å². The summed E-state index contributed by atoms with van der Waals surface area (Å²) in [6, 6.07) is 19.1. The van der Waals surface area contributed by atoms with Crippen molar-refractivity contribution in [1.29, 1.82) is 0 Å². The van der Waals surface area contributed by atoms with Crippen LogP contribution in [-0.2, 0) is 16.6 Å². The molecule has 3 aromatic rings. The second-order valence-electron chi connectivity index (χ2n) is 7.76. The molecule has 1 aliphatic heterocycles. The van der Waals surface area contributed by atoms with Crippen molar-refractivity contribution in [2.24, 2.45) is 0 Å². The molecule has 0 bridgehead atoms. The van der Waals surface area contributed by atoms with Gasteiger partial charge in [-0.2, -0.15) is 0 Å². The summed E-state index contributed by atoms with van der Waals surface area (Å²) in [5, 5.41) is 0. The van der Waals surface area contributed by atoms with Crippen LogP contribution in [0.25, 0.3) is 0 Å². The monoisotopic (exact) mass is 450 g/mol. The van der Waals surface area contributed by atoms with E-state index < -0.39 is 10.0 Å². The molecule has 166 valence electrons. The van der Waals surface area contributed by atoms with Gasteiger partial charge in [0.2, 0.25) is 0 Å². The molecular formula is C24H26N4O3S. The van der Waals surface area contributed by atoms with Crippen molar-refractivity contribution in [2.45, 2.75) is 11.4 Å². The molecule has 2 heterocycles. The highest BCUT2D eigenvalue weighted by Gasteiger charge is 2.24. The normalized spacial score (nSPS) is 14.8. The van der Waals surface area contributed by atoms with E-state index in [4.69, 9.17) is 0 Å². The van der Waals surface area contributed by atoms with Gasteiger partial charge in [0.25, 0.3) is 15.9 Å². The lowest BCUT2D eigenvalue weighted by atomic mass is 10.1. The van der Waals surface area contributed by atoms with E-state index in [1.807, 2.05) is 23.2 Å². The Hall–Kier alpha value is -3.23. The van der Waals surface area contributed by atoms with Gasteiger partial charge in [0.1, 0.15) is 0 Å². The summed E-state index contributed by atoms with van der Waals surface area (Å²) in [7, 11) is -2.18. The van der Waals surface area contributed by atoms with Crippen LogP contribution >= 0.6 is 0 Å². The number of para-hydroxylation sites is 1. The first kappa shape index (κ1) is 22.0. The molecule has 0 aliphatic carbocycles. The van der Waals surface area contributed by atoms with Crippen molar-refractivity contribution in [3.63, 3.8) is 0 Å². The Labute approximate surface area is 189 Å². The minimum atomic E-state index is -3.70. The van der Waals surface area contributed by atoms with Crippen molar-refractivity contribution in [1.82, 2.24) is 14.8 Å². The standard InChI is InChI=1S/C24H26N4O3S/c1-26(22-7-3-2-4-8-22)32(30,31)23-11-9-21(10-12-23)24(29)28-16-14-27(15-17-28)19-20-6-5-13-25-18-20/h2-13,18H,14-17,19H2,1H3. The zero-order valence-electron chi connectivity index (χ0n) is 18.0. The maximum absolute atomic E-state index is 12.9. The van der Waals surface area contributed by atoms with E-state index >= 15 is 0 Å². The van der Waals surface area contributed by atoms with Crippen LogP contribution in [0.4, 0.5) is 5.69 Å². The maximum Gasteiger partial charge on any atom is 0.264 e. The fraction of sp³-hybridized carbons (Fsp3) is 0.250. The van der Waals surface area contributed by atoms with E-state index in [9.17, 15) is 13.2 Å². The quantitative estimate of drug-likeness (QED) is 0.577. The smallest absolute Gasteiger partial charge is 0.264 e. The molecule has 1 aromatic heterocycles. The van der Waals surface area contributed by atoms with E-state index in [-0.39, 0.29) is 10.8 Å². The number of hydrogen-bond donors (Lipinski definition) is 0. The highest BCUT2D eigenvalue weighted by molar-refractivity contribution is 7.92. The fourth-order valence-electron chi connectivity index (χ4n) is 3.75. The predicted octanol–water partition coefficient (Wildman–Crippen LogP) is 2.86. The van der Waals surface area contributed by atoms with Crippen LogP contribution in [0, 0.1) is 0 Å². The molecule has 0 saturated carbocycles. The Balaban J connectivity index is 1.38. The van der Waals surface area contributed by atoms with Crippen LogP contribution in [-0.4, -0.2) is 62.3 Å². The molecule has 0 unspecified atom stereocenters. The molecule has 1 amide bonds. The fourth-order valence-corrected chi connectivity index (χ4v) is 4.94. The van der Waals surface area contributed by atoms with Gasteiger partial charge in [0, 0.05) is 57.7 Å². The third-order valence-electron chi connectivity index (χ3n) is 5.67. The Morgan fingerprint density at radius 2 is 1.62 bits per heavy atom. The molecule has 2 aromatic carbocycles. The molecule has 1 fully saturated rings. The Bertz CT molecular complexity index is 1140. The summed E-state index contributed by atoms with van der Waals surface area (Å²) in [5.74, 6) is -0.0774. The lowest BCUT2D eigenvalue weighted by molar-refractivity contribution is 0.0628. The topological polar surface area (TPSA) is 73.8 Å². The van der Waals surface area contributed by atoms with Crippen molar-refractivity contribution in [3.05, 3.63) is 90.3 Å². The van der Waals surface area contributed by atoms with E-state index in [0.717, 1.165) is 25.2 Å². The number of amides is 1. The Morgan fingerprint density at radius 1 is 0.938 bits per heavy atom. The SMILES string of the molecule is CN(c1ccccc1)S(=O)(=O)c1ccc(C(=O)N2CCN(Cc3cccnc3)CC2)cc1. The van der Waals surface area contributed by atoms with Crippen molar-refractivity contribution < 1.29 is 13.2 Å². The molecular weight excluding hydrogens is 424 g/mol. The Morgan fingerprint density at radius 3 is 2.25 bits per heavy atom. The number of carbonyl (C=O) groups excluding carboxylic acids is 1. The summed E-state index contributed by atoms with van der Waals surface area (Å²) in [6.45, 7) is 3.66. The minimum absolute atomic E-state index is 0.0774. The number of piperazine rings is 1. The number of sulfonamides is 1. The number of aromatic nitrogens is 1. The van der Waals surface area contributed by atoms with Crippen molar-refractivity contribution in [2.75, 3.05) is 37.5 Å². The number of nitrogens with zero attached hydrogens (tertiary/aromatic N) is 4. The predicted molar refractivity (Wildman–Crippen MR) is 124 cm³/mol. The summed E-state index contributed by atoms with van der Waals surface area (Å²) >= 11 is 0. The zero-order chi connectivity index (χ0) is 22.6. The molecule has 7 nitrogen and oxygen atoms in total. The highest BCUT2D eigenvalue weighted by Crippen LogP contribution is 2.22. The van der Waals surface area contributed by atoms with Crippen LogP contribution in [0.5, 0.6) is 0 Å². The summed E-state index contributed by atoms with van der Waals surface area (Å²) < 4.78 is 27.1. The lowest BCUT2D eigenvalue weighted by Crippen LogP contribution is -2.48. The second-order valence-corrected chi connectivity index (χ2v) is 9.73. The van der Waals surface area contributed by atoms with E-state index in [1.54, 1.807) is 42.6 Å². The van der Waals surface area contributed by atoms with Gasteiger partial charge in [-0.1, -0.05) is 24.3 Å². The summed E-state index contributed by atoms with van der Waals surface area (Å²) in [4.78, 5) is 21.3. The third-order valence-corrected chi connectivity index (χ3v) is 7.47. The molecule has 0 N–H and O–H groups in total. The largest absolute Gasteiger partial charge is 0.336 e. The van der Waals surface area contributed by atoms with Gasteiger partial charge in [-0.3, -0.25) is 19.0 Å². The van der Waals surface area contributed by atoms with Gasteiger partial charge in [0.15, 0.2) is 0 Å². The first-order valence-corrected chi connectivity index (χ1v) is 11.9. The van der Waals surface area contributed by atoms with Crippen LogP contribution in [0.15, 0.2) is 84.0 Å². The Kier molecular flexibility index (Phi) is 6.53.